The molecule has 2 aromatic carbocycles. The zero-order chi connectivity index (χ0) is 24.9. The molecule has 1 aliphatic rings. The third-order valence-corrected chi connectivity index (χ3v) is 5.70. The van der Waals surface area contributed by atoms with Gasteiger partial charge in [0, 0.05) is 18.4 Å². The molecule has 3 N–H and O–H groups in total. The Labute approximate surface area is 194 Å². The zero-order valence-corrected chi connectivity index (χ0v) is 18.4. The number of alkyl carbamates (subject to hydrolysis) is 1. The first-order valence-corrected chi connectivity index (χ1v) is 10.8. The molecule has 2 aromatic rings. The van der Waals surface area contributed by atoms with Crippen LogP contribution in [-0.4, -0.2) is 47.9 Å². The third-order valence-electron chi connectivity index (χ3n) is 5.70. The van der Waals surface area contributed by atoms with E-state index in [9.17, 15) is 27.6 Å². The van der Waals surface area contributed by atoms with Gasteiger partial charge in [0.05, 0.1) is 6.42 Å². The second kappa shape index (κ2) is 10.6. The van der Waals surface area contributed by atoms with Gasteiger partial charge in [0.2, 0.25) is 5.91 Å². The van der Waals surface area contributed by atoms with Crippen molar-refractivity contribution < 1.29 is 37.4 Å². The second-order valence-corrected chi connectivity index (χ2v) is 8.04. The predicted molar refractivity (Wildman–Crippen MR) is 117 cm³/mol. The molecule has 0 heterocycles. The van der Waals surface area contributed by atoms with Crippen molar-refractivity contribution in [3.8, 4) is 11.1 Å². The van der Waals surface area contributed by atoms with E-state index in [4.69, 9.17) is 9.84 Å². The number of fused-ring (bicyclic) bond motifs is 3. The third kappa shape index (κ3) is 6.06. The summed E-state index contributed by atoms with van der Waals surface area (Å²) in [6.07, 6.45) is -7.18. The van der Waals surface area contributed by atoms with Crippen LogP contribution in [-0.2, 0) is 14.3 Å². The van der Waals surface area contributed by atoms with E-state index in [1.165, 1.54) is 0 Å². The highest BCUT2D eigenvalue weighted by atomic mass is 19.4. The first-order valence-electron chi connectivity index (χ1n) is 10.8. The van der Waals surface area contributed by atoms with Gasteiger partial charge in [0.15, 0.2) is 0 Å². The Balaban J connectivity index is 1.57. The highest BCUT2D eigenvalue weighted by Gasteiger charge is 2.42. The summed E-state index contributed by atoms with van der Waals surface area (Å²) in [4.78, 5) is 35.1. The first-order chi connectivity index (χ1) is 16.1. The van der Waals surface area contributed by atoms with Crippen LogP contribution in [0.5, 0.6) is 0 Å². The first kappa shape index (κ1) is 25.1. The molecule has 0 saturated carbocycles. The molecule has 3 rings (SSSR count). The number of carbonyl (C=O) groups excluding carboxylic acids is 2. The lowest BCUT2D eigenvalue weighted by atomic mass is 9.98. The number of rotatable bonds is 9. The summed E-state index contributed by atoms with van der Waals surface area (Å²) < 4.78 is 44.3. The van der Waals surface area contributed by atoms with E-state index in [1.807, 2.05) is 48.5 Å². The smallest absolute Gasteiger partial charge is 0.409 e. The maximum Gasteiger partial charge on any atom is 0.409 e. The fourth-order valence-electron chi connectivity index (χ4n) is 4.00. The van der Waals surface area contributed by atoms with Crippen molar-refractivity contribution in [1.29, 1.82) is 0 Å². The average molecular weight is 478 g/mol. The molecule has 0 saturated heterocycles. The Morgan fingerprint density at radius 2 is 1.53 bits per heavy atom. The van der Waals surface area contributed by atoms with E-state index in [0.717, 1.165) is 22.3 Å². The second-order valence-electron chi connectivity index (χ2n) is 8.04. The minimum Gasteiger partial charge on any atom is -0.481 e. The number of halogens is 3. The lowest BCUT2D eigenvalue weighted by molar-refractivity contribution is -0.170. The van der Waals surface area contributed by atoms with Crippen LogP contribution < -0.4 is 10.6 Å². The Morgan fingerprint density at radius 3 is 2.03 bits per heavy atom. The van der Waals surface area contributed by atoms with Crippen molar-refractivity contribution in [2.45, 2.75) is 50.4 Å². The maximum atomic E-state index is 13.0. The van der Waals surface area contributed by atoms with Crippen molar-refractivity contribution in [3.05, 3.63) is 59.7 Å². The van der Waals surface area contributed by atoms with Crippen molar-refractivity contribution in [1.82, 2.24) is 10.6 Å². The topological polar surface area (TPSA) is 105 Å². The summed E-state index contributed by atoms with van der Waals surface area (Å²) in [6, 6.07) is 12.3. The van der Waals surface area contributed by atoms with Crippen LogP contribution in [0.3, 0.4) is 0 Å². The minimum absolute atomic E-state index is 0.0528. The molecule has 2 amide bonds. The number of nitrogens with one attached hydrogen (secondary N) is 2. The molecule has 0 aromatic heterocycles. The molecular formula is C24H25F3N2O5. The van der Waals surface area contributed by atoms with Crippen LogP contribution in [0.15, 0.2) is 48.5 Å². The van der Waals surface area contributed by atoms with Gasteiger partial charge in [-0.05, 0) is 28.7 Å². The van der Waals surface area contributed by atoms with Gasteiger partial charge in [0.1, 0.15) is 12.6 Å². The normalized spacial score (nSPS) is 14.5. The fourth-order valence-corrected chi connectivity index (χ4v) is 4.00. The van der Waals surface area contributed by atoms with Crippen LogP contribution in [0, 0.1) is 0 Å². The van der Waals surface area contributed by atoms with Crippen molar-refractivity contribution in [3.63, 3.8) is 0 Å². The molecule has 0 bridgehead atoms. The fraction of sp³-hybridized carbons (Fsp3) is 0.375. The predicted octanol–water partition coefficient (Wildman–Crippen LogP) is 4.22. The highest BCUT2D eigenvalue weighted by molar-refractivity contribution is 5.80. The summed E-state index contributed by atoms with van der Waals surface area (Å²) in [5.41, 5.74) is 4.19. The van der Waals surface area contributed by atoms with Crippen molar-refractivity contribution in [2.75, 3.05) is 6.61 Å². The van der Waals surface area contributed by atoms with E-state index in [2.05, 4.69) is 5.32 Å². The number of hydrogen-bond donors (Lipinski definition) is 3. The summed E-state index contributed by atoms with van der Waals surface area (Å²) >= 11 is 0. The van der Waals surface area contributed by atoms with Crippen molar-refractivity contribution in [2.24, 2.45) is 0 Å². The largest absolute Gasteiger partial charge is 0.481 e. The van der Waals surface area contributed by atoms with Gasteiger partial charge < -0.3 is 20.5 Å². The lowest BCUT2D eigenvalue weighted by Crippen LogP contribution is -2.48. The molecule has 0 fully saturated rings. The summed E-state index contributed by atoms with van der Waals surface area (Å²) in [5.74, 6) is -2.87. The van der Waals surface area contributed by atoms with E-state index < -0.39 is 49.1 Å². The van der Waals surface area contributed by atoms with Crippen molar-refractivity contribution >= 4 is 18.0 Å². The number of carboxylic acid groups (broad SMARTS) is 1. The van der Waals surface area contributed by atoms with Crippen LogP contribution in [0.4, 0.5) is 18.0 Å². The average Bonchev–Trinajstić information content (AvgIpc) is 3.09. The number of hydrogen-bond acceptors (Lipinski definition) is 4. The van der Waals surface area contributed by atoms with Crippen LogP contribution in [0.25, 0.3) is 11.1 Å². The van der Waals surface area contributed by atoms with E-state index in [1.54, 1.807) is 12.2 Å². The number of carbonyl (C=O) groups is 3. The number of alkyl halides is 3. The SMILES string of the molecule is CCC(CC(=O)NC(CC(=O)O)C(F)(F)F)NC(=O)OCC1c2ccccc2-c2ccccc21. The number of benzene rings is 2. The van der Waals surface area contributed by atoms with Gasteiger partial charge in [0.25, 0.3) is 0 Å². The van der Waals surface area contributed by atoms with Gasteiger partial charge in [-0.25, -0.2) is 4.79 Å². The Hall–Kier alpha value is -3.56. The Kier molecular flexibility index (Phi) is 7.80. The van der Waals surface area contributed by atoms with Crippen LogP contribution >= 0.6 is 0 Å². The molecule has 0 spiro atoms. The van der Waals surface area contributed by atoms with Gasteiger partial charge in [-0.15, -0.1) is 0 Å². The Bertz CT molecular complexity index is 1010. The van der Waals surface area contributed by atoms with Crippen LogP contribution in [0.1, 0.15) is 43.2 Å². The number of aliphatic carboxylic acids is 1. The summed E-state index contributed by atoms with van der Waals surface area (Å²) in [6.45, 7) is 1.71. The van der Waals surface area contributed by atoms with E-state index in [-0.39, 0.29) is 18.9 Å². The summed E-state index contributed by atoms with van der Waals surface area (Å²) in [5, 5.41) is 12.8. The number of carboxylic acids is 1. The van der Waals surface area contributed by atoms with Gasteiger partial charge >= 0.3 is 18.2 Å². The lowest BCUT2D eigenvalue weighted by Gasteiger charge is -2.22. The zero-order valence-electron chi connectivity index (χ0n) is 18.4. The molecule has 2 atom stereocenters. The standard InChI is InChI=1S/C24H25F3N2O5/c1-2-14(11-21(30)29-20(12-22(31)32)24(25,26)27)28-23(33)34-13-19-17-9-5-3-7-15(17)16-8-4-6-10-18(16)19/h3-10,14,19-20H,2,11-13H2,1H3,(H,28,33)(H,29,30)(H,31,32). The molecule has 10 heteroatoms. The molecular weight excluding hydrogens is 453 g/mol. The molecule has 2 unspecified atom stereocenters. The van der Waals surface area contributed by atoms with E-state index >= 15 is 0 Å². The molecule has 1 aliphatic carbocycles. The van der Waals surface area contributed by atoms with Crippen LogP contribution in [0.2, 0.25) is 0 Å². The Morgan fingerprint density at radius 1 is 0.971 bits per heavy atom. The molecule has 0 aliphatic heterocycles. The van der Waals surface area contributed by atoms with Gasteiger partial charge in [-0.1, -0.05) is 55.5 Å². The van der Waals surface area contributed by atoms with Gasteiger partial charge in [-0.3, -0.25) is 9.59 Å². The summed E-state index contributed by atoms with van der Waals surface area (Å²) in [7, 11) is 0. The molecule has 182 valence electrons. The number of ether oxygens (including phenoxy) is 1. The minimum atomic E-state index is -4.91. The highest BCUT2D eigenvalue weighted by Crippen LogP contribution is 2.44. The maximum absolute atomic E-state index is 13.0. The molecule has 34 heavy (non-hydrogen) atoms. The molecule has 7 nitrogen and oxygen atoms in total. The van der Waals surface area contributed by atoms with E-state index in [0.29, 0.717) is 0 Å². The monoisotopic (exact) mass is 478 g/mol. The molecule has 0 radical (unpaired) electrons. The number of amides is 2. The quantitative estimate of drug-likeness (QED) is 0.501. The van der Waals surface area contributed by atoms with Gasteiger partial charge in [-0.2, -0.15) is 13.2 Å².